The molecule has 0 heterocycles. The average Bonchev–Trinajstić information content (AvgIpc) is 2.41. The molecular formula is C13H15Cl2NO5. The number of carbonyl (C=O) groups excluding carboxylic acids is 1. The zero-order valence-corrected chi connectivity index (χ0v) is 12.9. The molecule has 0 saturated carbocycles. The Labute approximate surface area is 131 Å². The number of ether oxygens (including phenoxy) is 2. The first-order chi connectivity index (χ1) is 9.85. The van der Waals surface area contributed by atoms with Crippen LogP contribution in [0.1, 0.15) is 6.92 Å². The van der Waals surface area contributed by atoms with Crippen molar-refractivity contribution in [2.45, 2.75) is 19.1 Å². The number of carbonyl (C=O) groups is 2. The predicted octanol–water partition coefficient (Wildman–Crippen LogP) is 1.98. The summed E-state index contributed by atoms with van der Waals surface area (Å²) in [4.78, 5) is 22.6. The van der Waals surface area contributed by atoms with Gasteiger partial charge in [-0.2, -0.15) is 0 Å². The van der Waals surface area contributed by atoms with Crippen LogP contribution in [0.5, 0.6) is 5.75 Å². The van der Waals surface area contributed by atoms with E-state index in [0.717, 1.165) is 0 Å². The van der Waals surface area contributed by atoms with Gasteiger partial charge in [-0.15, -0.1) is 0 Å². The highest BCUT2D eigenvalue weighted by Gasteiger charge is 2.21. The molecule has 2 atom stereocenters. The minimum Gasteiger partial charge on any atom is -0.479 e. The van der Waals surface area contributed by atoms with Crippen LogP contribution in [-0.2, 0) is 14.3 Å². The second kappa shape index (κ2) is 8.07. The SMILES string of the molecule is COC(CNC(=O)C(C)Oc1ccc(Cl)cc1Cl)C(=O)O. The van der Waals surface area contributed by atoms with Crippen LogP contribution in [-0.4, -0.2) is 42.8 Å². The number of nitrogens with one attached hydrogen (secondary N) is 1. The molecule has 0 aliphatic carbocycles. The third-order valence-corrected chi connectivity index (χ3v) is 3.12. The molecular weight excluding hydrogens is 321 g/mol. The second-order valence-corrected chi connectivity index (χ2v) is 4.99. The molecule has 6 nitrogen and oxygen atoms in total. The zero-order chi connectivity index (χ0) is 16.0. The number of aliphatic carboxylic acids is 1. The molecule has 1 amide bonds. The van der Waals surface area contributed by atoms with Crippen molar-refractivity contribution in [1.82, 2.24) is 5.32 Å². The molecule has 0 bridgehead atoms. The fourth-order valence-corrected chi connectivity index (χ4v) is 1.88. The normalized spacial score (nSPS) is 13.3. The Balaban J connectivity index is 2.56. The van der Waals surface area contributed by atoms with Crippen LogP contribution in [0.25, 0.3) is 0 Å². The summed E-state index contributed by atoms with van der Waals surface area (Å²) >= 11 is 11.7. The van der Waals surface area contributed by atoms with Gasteiger partial charge in [0.25, 0.3) is 5.91 Å². The van der Waals surface area contributed by atoms with Gasteiger partial charge in [-0.05, 0) is 25.1 Å². The first-order valence-corrected chi connectivity index (χ1v) is 6.75. The van der Waals surface area contributed by atoms with Crippen molar-refractivity contribution in [3.05, 3.63) is 28.2 Å². The van der Waals surface area contributed by atoms with E-state index >= 15 is 0 Å². The van der Waals surface area contributed by atoms with Gasteiger partial charge in [0.15, 0.2) is 12.2 Å². The van der Waals surface area contributed by atoms with E-state index in [1.54, 1.807) is 12.1 Å². The minimum atomic E-state index is -1.16. The van der Waals surface area contributed by atoms with Crippen molar-refractivity contribution in [3.63, 3.8) is 0 Å². The van der Waals surface area contributed by atoms with Gasteiger partial charge < -0.3 is 19.9 Å². The van der Waals surface area contributed by atoms with Crippen LogP contribution in [0, 0.1) is 0 Å². The number of rotatable bonds is 7. The van der Waals surface area contributed by atoms with E-state index in [0.29, 0.717) is 10.8 Å². The summed E-state index contributed by atoms with van der Waals surface area (Å²) in [6.45, 7) is 1.36. The molecule has 0 spiro atoms. The van der Waals surface area contributed by atoms with Gasteiger partial charge in [0.2, 0.25) is 0 Å². The third kappa shape index (κ3) is 5.41. The first kappa shape index (κ1) is 17.6. The van der Waals surface area contributed by atoms with E-state index in [-0.39, 0.29) is 11.6 Å². The minimum absolute atomic E-state index is 0.160. The molecule has 8 heteroatoms. The molecule has 1 aromatic carbocycles. The smallest absolute Gasteiger partial charge is 0.334 e. The van der Waals surface area contributed by atoms with Crippen LogP contribution >= 0.6 is 23.2 Å². The highest BCUT2D eigenvalue weighted by molar-refractivity contribution is 6.35. The lowest BCUT2D eigenvalue weighted by Crippen LogP contribution is -2.43. The van der Waals surface area contributed by atoms with Gasteiger partial charge in [0, 0.05) is 12.1 Å². The highest BCUT2D eigenvalue weighted by Crippen LogP contribution is 2.28. The van der Waals surface area contributed by atoms with Crippen LogP contribution in [0.3, 0.4) is 0 Å². The van der Waals surface area contributed by atoms with Crippen molar-refractivity contribution in [1.29, 1.82) is 0 Å². The van der Waals surface area contributed by atoms with Crippen LogP contribution in [0.15, 0.2) is 18.2 Å². The van der Waals surface area contributed by atoms with Crippen LogP contribution in [0.4, 0.5) is 0 Å². The summed E-state index contributed by atoms with van der Waals surface area (Å²) < 4.78 is 10.1. The Morgan fingerprint density at radius 3 is 2.57 bits per heavy atom. The molecule has 0 aliphatic heterocycles. The summed E-state index contributed by atoms with van der Waals surface area (Å²) in [5.41, 5.74) is 0. The molecule has 0 aliphatic rings. The zero-order valence-electron chi connectivity index (χ0n) is 11.4. The monoisotopic (exact) mass is 335 g/mol. The second-order valence-electron chi connectivity index (χ2n) is 4.14. The topological polar surface area (TPSA) is 84.9 Å². The summed E-state index contributed by atoms with van der Waals surface area (Å²) in [5, 5.41) is 11.9. The van der Waals surface area contributed by atoms with E-state index in [4.69, 9.17) is 37.8 Å². The predicted molar refractivity (Wildman–Crippen MR) is 78.0 cm³/mol. The maximum Gasteiger partial charge on any atom is 0.334 e. The molecule has 116 valence electrons. The Hall–Kier alpha value is -1.50. The molecule has 1 rings (SSSR count). The number of methoxy groups -OCH3 is 1. The van der Waals surface area contributed by atoms with Crippen molar-refractivity contribution >= 4 is 35.1 Å². The van der Waals surface area contributed by atoms with E-state index in [2.05, 4.69) is 5.32 Å². The van der Waals surface area contributed by atoms with Crippen molar-refractivity contribution in [3.8, 4) is 5.75 Å². The van der Waals surface area contributed by atoms with E-state index in [1.165, 1.54) is 20.1 Å². The highest BCUT2D eigenvalue weighted by atomic mass is 35.5. The summed E-state index contributed by atoms with van der Waals surface area (Å²) in [6, 6.07) is 4.62. The van der Waals surface area contributed by atoms with Gasteiger partial charge in [-0.3, -0.25) is 4.79 Å². The van der Waals surface area contributed by atoms with Gasteiger partial charge in [-0.1, -0.05) is 23.2 Å². The summed E-state index contributed by atoms with van der Waals surface area (Å²) in [6.07, 6.45) is -1.96. The van der Waals surface area contributed by atoms with Crippen molar-refractivity contribution < 1.29 is 24.2 Å². The Morgan fingerprint density at radius 2 is 2.05 bits per heavy atom. The third-order valence-electron chi connectivity index (χ3n) is 2.59. The van der Waals surface area contributed by atoms with E-state index in [1.807, 2.05) is 0 Å². The summed E-state index contributed by atoms with van der Waals surface area (Å²) in [5.74, 6) is -1.33. The lowest BCUT2D eigenvalue weighted by atomic mass is 10.3. The maximum atomic E-state index is 11.8. The van der Waals surface area contributed by atoms with Gasteiger partial charge in [0.1, 0.15) is 5.75 Å². The summed E-state index contributed by atoms with van der Waals surface area (Å²) in [7, 11) is 1.25. The number of amides is 1. The van der Waals surface area contributed by atoms with Gasteiger partial charge in [0.05, 0.1) is 11.6 Å². The van der Waals surface area contributed by atoms with Crippen molar-refractivity contribution in [2.75, 3.05) is 13.7 Å². The fraction of sp³-hybridized carbons (Fsp3) is 0.385. The molecule has 0 saturated heterocycles. The fourth-order valence-electron chi connectivity index (χ4n) is 1.42. The maximum absolute atomic E-state index is 11.8. The molecule has 0 radical (unpaired) electrons. The molecule has 21 heavy (non-hydrogen) atoms. The van der Waals surface area contributed by atoms with Gasteiger partial charge in [-0.25, -0.2) is 4.79 Å². The molecule has 0 fully saturated rings. The molecule has 2 N–H and O–H groups in total. The van der Waals surface area contributed by atoms with E-state index < -0.39 is 24.1 Å². The number of hydrogen-bond donors (Lipinski definition) is 2. The first-order valence-electron chi connectivity index (χ1n) is 6.00. The Bertz CT molecular complexity index is 523. The van der Waals surface area contributed by atoms with Crippen LogP contribution < -0.4 is 10.1 Å². The molecule has 2 unspecified atom stereocenters. The molecule has 0 aromatic heterocycles. The van der Waals surface area contributed by atoms with Crippen LogP contribution in [0.2, 0.25) is 10.0 Å². The lowest BCUT2D eigenvalue weighted by molar-refractivity contribution is -0.148. The lowest BCUT2D eigenvalue weighted by Gasteiger charge is -2.17. The average molecular weight is 336 g/mol. The standard InChI is InChI=1S/C13H15Cl2NO5/c1-7(12(17)16-6-11(20-2)13(18)19)21-10-4-3-8(14)5-9(10)15/h3-5,7,11H,6H2,1-2H3,(H,16,17)(H,18,19). The number of carboxylic acids is 1. The number of halogens is 2. The number of hydrogen-bond acceptors (Lipinski definition) is 4. The van der Waals surface area contributed by atoms with E-state index in [9.17, 15) is 9.59 Å². The Morgan fingerprint density at radius 1 is 1.38 bits per heavy atom. The quantitative estimate of drug-likeness (QED) is 0.795. The number of benzene rings is 1. The van der Waals surface area contributed by atoms with Crippen molar-refractivity contribution in [2.24, 2.45) is 0 Å². The molecule has 1 aromatic rings. The number of carboxylic acid groups (broad SMARTS) is 1. The Kier molecular flexibility index (Phi) is 6.74. The largest absolute Gasteiger partial charge is 0.479 e. The van der Waals surface area contributed by atoms with Gasteiger partial charge >= 0.3 is 5.97 Å².